The first-order chi connectivity index (χ1) is 15.7. The van der Waals surface area contributed by atoms with E-state index in [-0.39, 0.29) is 13.3 Å². The van der Waals surface area contributed by atoms with E-state index in [0.717, 1.165) is 22.4 Å². The number of hydrazone groups is 1. The van der Waals surface area contributed by atoms with E-state index in [4.69, 9.17) is 14.2 Å². The molecule has 4 rings (SSSR count). The Balaban J connectivity index is 1.20. The number of nitrogens with zero attached hydrogens (tertiary/aromatic N) is 1. The van der Waals surface area contributed by atoms with Gasteiger partial charge in [0.05, 0.1) is 6.21 Å². The lowest BCUT2D eigenvalue weighted by Crippen LogP contribution is -2.37. The van der Waals surface area contributed by atoms with Crippen LogP contribution < -0.4 is 25.0 Å². The molecule has 0 atom stereocenters. The molecular formula is C24H21N3O5. The first kappa shape index (κ1) is 20.9. The summed E-state index contributed by atoms with van der Waals surface area (Å²) >= 11 is 0. The van der Waals surface area contributed by atoms with Gasteiger partial charge in [-0.3, -0.25) is 9.59 Å². The fourth-order valence-electron chi connectivity index (χ4n) is 2.92. The number of carbonyl (C=O) groups is 2. The molecule has 1 heterocycles. The molecular weight excluding hydrogens is 410 g/mol. The van der Waals surface area contributed by atoms with Crippen LogP contribution in [0, 0.1) is 0 Å². The highest BCUT2D eigenvalue weighted by molar-refractivity contribution is 6.35. The average molecular weight is 431 g/mol. The van der Waals surface area contributed by atoms with E-state index in [0.29, 0.717) is 18.1 Å². The van der Waals surface area contributed by atoms with E-state index in [1.54, 1.807) is 30.3 Å². The predicted molar refractivity (Wildman–Crippen MR) is 117 cm³/mol. The summed E-state index contributed by atoms with van der Waals surface area (Å²) in [6.07, 6.45) is 1.45. The molecule has 0 saturated heterocycles. The smallest absolute Gasteiger partial charge is 0.329 e. The van der Waals surface area contributed by atoms with Crippen molar-refractivity contribution >= 4 is 18.0 Å². The monoisotopic (exact) mass is 431 g/mol. The molecule has 1 aliphatic rings. The molecule has 2 amide bonds. The molecule has 8 heteroatoms. The van der Waals surface area contributed by atoms with E-state index in [1.807, 2.05) is 42.5 Å². The van der Waals surface area contributed by atoms with Gasteiger partial charge >= 0.3 is 11.8 Å². The van der Waals surface area contributed by atoms with Gasteiger partial charge in [0.2, 0.25) is 6.79 Å². The van der Waals surface area contributed by atoms with Crippen molar-refractivity contribution in [1.82, 2.24) is 10.7 Å². The first-order valence-electron chi connectivity index (χ1n) is 9.94. The van der Waals surface area contributed by atoms with Crippen LogP contribution in [0.15, 0.2) is 77.9 Å². The van der Waals surface area contributed by atoms with Crippen LogP contribution in [0.1, 0.15) is 16.7 Å². The number of amides is 2. The van der Waals surface area contributed by atoms with Gasteiger partial charge < -0.3 is 19.5 Å². The number of hydrogen-bond acceptors (Lipinski definition) is 6. The normalized spacial score (nSPS) is 11.9. The third-order valence-electron chi connectivity index (χ3n) is 4.60. The van der Waals surface area contributed by atoms with Gasteiger partial charge in [-0.2, -0.15) is 5.10 Å². The average Bonchev–Trinajstić information content (AvgIpc) is 3.30. The maximum absolute atomic E-state index is 12.0. The van der Waals surface area contributed by atoms with E-state index >= 15 is 0 Å². The Hall–Kier alpha value is -4.33. The highest BCUT2D eigenvalue weighted by atomic mass is 16.7. The van der Waals surface area contributed by atoms with Gasteiger partial charge in [-0.1, -0.05) is 36.4 Å². The summed E-state index contributed by atoms with van der Waals surface area (Å²) in [5.74, 6) is 0.345. The predicted octanol–water partition coefficient (Wildman–Crippen LogP) is 2.76. The highest BCUT2D eigenvalue weighted by Gasteiger charge is 2.15. The second-order valence-electron chi connectivity index (χ2n) is 6.91. The first-order valence-corrected chi connectivity index (χ1v) is 9.94. The second kappa shape index (κ2) is 10.1. The van der Waals surface area contributed by atoms with Crippen LogP contribution in [0.25, 0.3) is 0 Å². The fraction of sp³-hybridized carbons (Fsp3) is 0.125. The molecule has 162 valence electrons. The Labute approximate surface area is 184 Å². The van der Waals surface area contributed by atoms with Crippen LogP contribution in [0.2, 0.25) is 0 Å². The number of hydrogen-bond donors (Lipinski definition) is 2. The number of fused-ring (bicyclic) bond motifs is 1. The van der Waals surface area contributed by atoms with Crippen molar-refractivity contribution in [2.24, 2.45) is 5.10 Å². The zero-order valence-electron chi connectivity index (χ0n) is 17.1. The summed E-state index contributed by atoms with van der Waals surface area (Å²) in [6.45, 7) is 0.831. The van der Waals surface area contributed by atoms with Crippen LogP contribution >= 0.6 is 0 Å². The van der Waals surface area contributed by atoms with E-state index in [9.17, 15) is 9.59 Å². The Morgan fingerprint density at radius 1 is 0.906 bits per heavy atom. The molecule has 3 aromatic carbocycles. The minimum absolute atomic E-state index is 0.176. The molecule has 0 bridgehead atoms. The van der Waals surface area contributed by atoms with Crippen molar-refractivity contribution in [2.45, 2.75) is 13.2 Å². The Kier molecular flexibility index (Phi) is 6.62. The molecule has 0 saturated carbocycles. The zero-order chi connectivity index (χ0) is 22.2. The highest BCUT2D eigenvalue weighted by Crippen LogP contribution is 2.32. The van der Waals surface area contributed by atoms with E-state index < -0.39 is 11.8 Å². The summed E-state index contributed by atoms with van der Waals surface area (Å²) in [6, 6.07) is 22.4. The molecule has 0 aliphatic carbocycles. The van der Waals surface area contributed by atoms with Gasteiger partial charge in [0.1, 0.15) is 12.4 Å². The van der Waals surface area contributed by atoms with Crippen LogP contribution in [-0.4, -0.2) is 24.8 Å². The molecule has 0 fully saturated rings. The summed E-state index contributed by atoms with van der Waals surface area (Å²) in [5.41, 5.74) is 4.83. The molecule has 3 aromatic rings. The molecule has 32 heavy (non-hydrogen) atoms. The number of rotatable bonds is 7. The van der Waals surface area contributed by atoms with Gasteiger partial charge in [-0.25, -0.2) is 5.43 Å². The fourth-order valence-corrected chi connectivity index (χ4v) is 2.92. The van der Waals surface area contributed by atoms with Gasteiger partial charge in [-0.15, -0.1) is 0 Å². The minimum Gasteiger partial charge on any atom is -0.489 e. The molecule has 0 spiro atoms. The largest absolute Gasteiger partial charge is 0.489 e. The van der Waals surface area contributed by atoms with E-state index in [1.165, 1.54) is 6.21 Å². The maximum Gasteiger partial charge on any atom is 0.329 e. The second-order valence-corrected chi connectivity index (χ2v) is 6.91. The molecule has 8 nitrogen and oxygen atoms in total. The topological polar surface area (TPSA) is 98.2 Å². The van der Waals surface area contributed by atoms with Gasteiger partial charge in [0.15, 0.2) is 11.5 Å². The van der Waals surface area contributed by atoms with Crippen molar-refractivity contribution in [2.75, 3.05) is 6.79 Å². The lowest BCUT2D eigenvalue weighted by atomic mass is 10.2. The standard InChI is InChI=1S/C24H21N3O5/c28-23(25-13-19-8-11-21-22(12-19)32-16-31-21)24(29)27-26-14-17-6-9-20(10-7-17)30-15-18-4-2-1-3-5-18/h1-12,14H,13,15-16H2,(H,25,28)(H,27,29)/b26-14+. The number of nitrogens with one attached hydrogen (secondary N) is 2. The third-order valence-corrected chi connectivity index (χ3v) is 4.60. The molecule has 0 aromatic heterocycles. The van der Waals surface area contributed by atoms with Crippen molar-refractivity contribution in [3.63, 3.8) is 0 Å². The van der Waals surface area contributed by atoms with Crippen LogP contribution in [0.3, 0.4) is 0 Å². The van der Waals surface area contributed by atoms with Crippen LogP contribution in [-0.2, 0) is 22.7 Å². The summed E-state index contributed by atoms with van der Waals surface area (Å²) in [4.78, 5) is 23.9. The number of ether oxygens (including phenoxy) is 3. The quantitative estimate of drug-likeness (QED) is 0.341. The maximum atomic E-state index is 12.0. The molecule has 0 unspecified atom stereocenters. The lowest BCUT2D eigenvalue weighted by molar-refractivity contribution is -0.139. The van der Waals surface area contributed by atoms with Crippen molar-refractivity contribution in [1.29, 1.82) is 0 Å². The summed E-state index contributed by atoms with van der Waals surface area (Å²) < 4.78 is 16.3. The third kappa shape index (κ3) is 5.63. The minimum atomic E-state index is -0.857. The SMILES string of the molecule is O=C(NCc1ccc2c(c1)OCO2)C(=O)N/N=C/c1ccc(OCc2ccccc2)cc1. The van der Waals surface area contributed by atoms with E-state index in [2.05, 4.69) is 15.8 Å². The molecule has 2 N–H and O–H groups in total. The Morgan fingerprint density at radius 2 is 1.69 bits per heavy atom. The van der Waals surface area contributed by atoms with Crippen LogP contribution in [0.4, 0.5) is 0 Å². The zero-order valence-corrected chi connectivity index (χ0v) is 17.1. The Bertz CT molecular complexity index is 1110. The van der Waals surface area contributed by atoms with Gasteiger partial charge in [-0.05, 0) is 53.1 Å². The number of carbonyl (C=O) groups excluding carboxylic acids is 2. The van der Waals surface area contributed by atoms with Gasteiger partial charge in [0.25, 0.3) is 0 Å². The Morgan fingerprint density at radius 3 is 2.50 bits per heavy atom. The van der Waals surface area contributed by atoms with Gasteiger partial charge in [0, 0.05) is 6.54 Å². The van der Waals surface area contributed by atoms with Crippen molar-refractivity contribution in [3.8, 4) is 17.2 Å². The van der Waals surface area contributed by atoms with Crippen LogP contribution in [0.5, 0.6) is 17.2 Å². The van der Waals surface area contributed by atoms with Crippen molar-refractivity contribution in [3.05, 3.63) is 89.5 Å². The summed E-state index contributed by atoms with van der Waals surface area (Å²) in [5, 5.41) is 6.36. The lowest BCUT2D eigenvalue weighted by Gasteiger charge is -2.06. The number of benzene rings is 3. The molecule has 1 aliphatic heterocycles. The molecule has 0 radical (unpaired) electrons. The van der Waals surface area contributed by atoms with Crippen molar-refractivity contribution < 1.29 is 23.8 Å². The summed E-state index contributed by atoms with van der Waals surface area (Å²) in [7, 11) is 0.